The number of carboxylic acids is 1. The first-order valence-electron chi connectivity index (χ1n) is 6.83. The Morgan fingerprint density at radius 1 is 1.24 bits per heavy atom. The van der Waals surface area contributed by atoms with E-state index >= 15 is 0 Å². The van der Waals surface area contributed by atoms with Crippen LogP contribution in [-0.4, -0.2) is 47.4 Å². The summed E-state index contributed by atoms with van der Waals surface area (Å²) in [6.45, 7) is 2.31. The maximum Gasteiger partial charge on any atom is 0.308 e. The van der Waals surface area contributed by atoms with Crippen LogP contribution in [0.3, 0.4) is 0 Å². The molecule has 112 valence electrons. The van der Waals surface area contributed by atoms with E-state index < -0.39 is 11.9 Å². The molecule has 1 heterocycles. The van der Waals surface area contributed by atoms with Crippen molar-refractivity contribution in [3.05, 3.63) is 35.9 Å². The molecule has 0 bridgehead atoms. The lowest BCUT2D eigenvalue weighted by Gasteiger charge is -2.16. The summed E-state index contributed by atoms with van der Waals surface area (Å²) in [5.41, 5.74) is 0.489. The minimum absolute atomic E-state index is 0.0729. The van der Waals surface area contributed by atoms with Gasteiger partial charge >= 0.3 is 5.97 Å². The van der Waals surface area contributed by atoms with Gasteiger partial charge in [0.05, 0.1) is 12.5 Å². The van der Waals surface area contributed by atoms with Gasteiger partial charge < -0.3 is 15.3 Å². The van der Waals surface area contributed by atoms with Crippen LogP contribution < -0.4 is 5.32 Å². The lowest BCUT2D eigenvalue weighted by molar-refractivity contribution is -0.142. The van der Waals surface area contributed by atoms with Crippen molar-refractivity contribution in [3.63, 3.8) is 0 Å². The molecule has 0 aliphatic carbocycles. The predicted molar refractivity (Wildman–Crippen MR) is 75.6 cm³/mol. The standard InChI is InChI=1S/C15H18N2O4/c1-10-8-17(9-12(10)15(20)21)13(18)7-16-14(19)11-5-3-2-4-6-11/h2-6,10,12H,7-9H2,1H3,(H,16,19)(H,20,21)/t10-,12-/m1/s1. The molecule has 1 aromatic rings. The number of carbonyl (C=O) groups is 3. The first kappa shape index (κ1) is 15.0. The van der Waals surface area contributed by atoms with E-state index in [0.29, 0.717) is 12.1 Å². The van der Waals surface area contributed by atoms with Crippen LogP contribution in [-0.2, 0) is 9.59 Å². The average molecular weight is 290 g/mol. The molecule has 2 N–H and O–H groups in total. The fraction of sp³-hybridized carbons (Fsp3) is 0.400. The van der Waals surface area contributed by atoms with Crippen molar-refractivity contribution in [2.45, 2.75) is 6.92 Å². The van der Waals surface area contributed by atoms with E-state index in [0.717, 1.165) is 0 Å². The number of carboxylic acid groups (broad SMARTS) is 1. The largest absolute Gasteiger partial charge is 0.481 e. The lowest BCUT2D eigenvalue weighted by atomic mass is 9.99. The molecule has 0 radical (unpaired) electrons. The van der Waals surface area contributed by atoms with Gasteiger partial charge in [-0.1, -0.05) is 25.1 Å². The number of likely N-dealkylation sites (tertiary alicyclic amines) is 1. The van der Waals surface area contributed by atoms with Gasteiger partial charge in [-0.05, 0) is 18.1 Å². The number of hydrogen-bond acceptors (Lipinski definition) is 3. The predicted octanol–water partition coefficient (Wildman–Crippen LogP) is 0.595. The van der Waals surface area contributed by atoms with Crippen molar-refractivity contribution < 1.29 is 19.5 Å². The average Bonchev–Trinajstić information content (AvgIpc) is 2.87. The zero-order valence-electron chi connectivity index (χ0n) is 11.8. The summed E-state index contributed by atoms with van der Waals surface area (Å²) >= 11 is 0. The second-order valence-electron chi connectivity index (χ2n) is 5.27. The first-order chi connectivity index (χ1) is 9.99. The molecule has 1 aliphatic heterocycles. The third-order valence-corrected chi connectivity index (χ3v) is 3.72. The van der Waals surface area contributed by atoms with E-state index in [1.54, 1.807) is 30.3 Å². The number of amides is 2. The Balaban J connectivity index is 1.86. The minimum atomic E-state index is -0.883. The van der Waals surface area contributed by atoms with Crippen molar-refractivity contribution in [1.29, 1.82) is 0 Å². The van der Waals surface area contributed by atoms with Crippen molar-refractivity contribution in [1.82, 2.24) is 10.2 Å². The highest BCUT2D eigenvalue weighted by atomic mass is 16.4. The molecule has 0 saturated carbocycles. The topological polar surface area (TPSA) is 86.7 Å². The molecule has 0 spiro atoms. The zero-order valence-corrected chi connectivity index (χ0v) is 11.8. The van der Waals surface area contributed by atoms with Crippen LogP contribution >= 0.6 is 0 Å². The molecular weight excluding hydrogens is 272 g/mol. The molecule has 1 fully saturated rings. The first-order valence-corrected chi connectivity index (χ1v) is 6.83. The van der Waals surface area contributed by atoms with E-state index in [9.17, 15) is 14.4 Å². The van der Waals surface area contributed by atoms with Crippen molar-refractivity contribution in [3.8, 4) is 0 Å². The molecule has 2 amide bonds. The van der Waals surface area contributed by atoms with Crippen LogP contribution in [0.5, 0.6) is 0 Å². The minimum Gasteiger partial charge on any atom is -0.481 e. The molecule has 1 aromatic carbocycles. The maximum absolute atomic E-state index is 12.0. The molecule has 21 heavy (non-hydrogen) atoms. The molecule has 6 heteroatoms. The van der Waals surface area contributed by atoms with Gasteiger partial charge in [-0.25, -0.2) is 0 Å². The van der Waals surface area contributed by atoms with Crippen molar-refractivity contribution in [2.24, 2.45) is 11.8 Å². The second-order valence-corrected chi connectivity index (χ2v) is 5.27. The summed E-state index contributed by atoms with van der Waals surface area (Å²) in [7, 11) is 0. The number of aliphatic carboxylic acids is 1. The normalized spacial score (nSPS) is 21.1. The van der Waals surface area contributed by atoms with Gasteiger partial charge in [0.1, 0.15) is 0 Å². The third-order valence-electron chi connectivity index (χ3n) is 3.72. The molecule has 0 unspecified atom stereocenters. The second kappa shape index (κ2) is 6.39. The summed E-state index contributed by atoms with van der Waals surface area (Å²) in [6.07, 6.45) is 0. The van der Waals surface area contributed by atoms with Gasteiger partial charge in [0, 0.05) is 18.7 Å². The Kier molecular flexibility index (Phi) is 4.57. The monoisotopic (exact) mass is 290 g/mol. The van der Waals surface area contributed by atoms with E-state index in [4.69, 9.17) is 5.11 Å². The Labute approximate surface area is 122 Å². The number of benzene rings is 1. The van der Waals surface area contributed by atoms with E-state index in [1.165, 1.54) is 4.90 Å². The SMILES string of the molecule is C[C@@H]1CN(C(=O)CNC(=O)c2ccccc2)C[C@H]1C(=O)O. The van der Waals surface area contributed by atoms with Crippen LogP contribution in [0.4, 0.5) is 0 Å². The number of rotatable bonds is 4. The Morgan fingerprint density at radius 2 is 1.90 bits per heavy atom. The zero-order chi connectivity index (χ0) is 15.4. The highest BCUT2D eigenvalue weighted by Crippen LogP contribution is 2.22. The molecule has 6 nitrogen and oxygen atoms in total. The van der Waals surface area contributed by atoms with Crippen molar-refractivity contribution in [2.75, 3.05) is 19.6 Å². The molecule has 2 atom stereocenters. The van der Waals surface area contributed by atoms with Crippen LogP contribution in [0.15, 0.2) is 30.3 Å². The molecule has 1 saturated heterocycles. The van der Waals surface area contributed by atoms with Gasteiger partial charge in [0.2, 0.25) is 5.91 Å². The molecular formula is C15H18N2O4. The van der Waals surface area contributed by atoms with Crippen LogP contribution in [0.1, 0.15) is 17.3 Å². The highest BCUT2D eigenvalue weighted by Gasteiger charge is 2.36. The quantitative estimate of drug-likeness (QED) is 0.850. The van der Waals surface area contributed by atoms with Crippen LogP contribution in [0.2, 0.25) is 0 Å². The number of hydrogen-bond donors (Lipinski definition) is 2. The van der Waals surface area contributed by atoms with Gasteiger partial charge in [0.25, 0.3) is 5.91 Å². The summed E-state index contributed by atoms with van der Waals surface area (Å²) in [4.78, 5) is 36.4. The van der Waals surface area contributed by atoms with Gasteiger partial charge in [-0.3, -0.25) is 14.4 Å². The van der Waals surface area contributed by atoms with E-state index in [-0.39, 0.29) is 30.8 Å². The number of nitrogens with one attached hydrogen (secondary N) is 1. The van der Waals surface area contributed by atoms with Gasteiger partial charge in [0.15, 0.2) is 0 Å². The van der Waals surface area contributed by atoms with Gasteiger partial charge in [-0.2, -0.15) is 0 Å². The number of carbonyl (C=O) groups excluding carboxylic acids is 2. The van der Waals surface area contributed by atoms with Crippen LogP contribution in [0, 0.1) is 11.8 Å². The third kappa shape index (κ3) is 3.59. The van der Waals surface area contributed by atoms with E-state index in [1.807, 2.05) is 6.92 Å². The van der Waals surface area contributed by atoms with Gasteiger partial charge in [-0.15, -0.1) is 0 Å². The lowest BCUT2D eigenvalue weighted by Crippen LogP contribution is -2.39. The highest BCUT2D eigenvalue weighted by molar-refractivity contribution is 5.96. The fourth-order valence-corrected chi connectivity index (χ4v) is 2.45. The molecule has 2 rings (SSSR count). The fourth-order valence-electron chi connectivity index (χ4n) is 2.45. The Bertz CT molecular complexity index is 544. The smallest absolute Gasteiger partial charge is 0.308 e. The van der Waals surface area contributed by atoms with Crippen molar-refractivity contribution >= 4 is 17.8 Å². The number of nitrogens with zero attached hydrogens (tertiary/aromatic N) is 1. The van der Waals surface area contributed by atoms with E-state index in [2.05, 4.69) is 5.32 Å². The maximum atomic E-state index is 12.0. The summed E-state index contributed by atoms with van der Waals surface area (Å²) in [5, 5.41) is 11.6. The molecule has 1 aliphatic rings. The Morgan fingerprint density at radius 3 is 2.48 bits per heavy atom. The Hall–Kier alpha value is -2.37. The molecule has 0 aromatic heterocycles. The summed E-state index contributed by atoms with van der Waals surface area (Å²) in [5.74, 6) is -2.05. The van der Waals surface area contributed by atoms with Crippen LogP contribution in [0.25, 0.3) is 0 Å². The summed E-state index contributed by atoms with van der Waals surface area (Å²) in [6, 6.07) is 8.63. The summed E-state index contributed by atoms with van der Waals surface area (Å²) < 4.78 is 0.